The van der Waals surface area contributed by atoms with Gasteiger partial charge in [0.05, 0.1) is 13.1 Å². The molecule has 1 aliphatic rings. The van der Waals surface area contributed by atoms with Crippen molar-refractivity contribution in [2.45, 2.75) is 26.3 Å². The average Bonchev–Trinajstić information content (AvgIpc) is 1.98. The number of carboxylic acid groups (broad SMARTS) is 1. The molecule has 2 N–H and O–H groups in total. The topological polar surface area (TPSA) is 69.6 Å². The van der Waals surface area contributed by atoms with E-state index in [0.717, 1.165) is 6.42 Å². The van der Waals surface area contributed by atoms with Crippen molar-refractivity contribution in [1.29, 1.82) is 0 Å². The number of piperazine rings is 1. The van der Waals surface area contributed by atoms with Crippen LogP contribution in [0.5, 0.6) is 0 Å². The highest BCUT2D eigenvalue weighted by Gasteiger charge is 2.25. The van der Waals surface area contributed by atoms with E-state index in [2.05, 4.69) is 19.2 Å². The molecule has 1 unspecified atom stereocenters. The molecule has 1 amide bonds. The SMILES string of the molecule is CC(C)CC1CN(CC(=O)O)CC(=O)N1. The third-order valence-corrected chi connectivity index (χ3v) is 2.33. The molecule has 0 aliphatic carbocycles. The van der Waals surface area contributed by atoms with E-state index in [1.165, 1.54) is 0 Å². The second kappa shape index (κ2) is 5.11. The summed E-state index contributed by atoms with van der Waals surface area (Å²) >= 11 is 0. The van der Waals surface area contributed by atoms with Crippen LogP contribution in [-0.2, 0) is 9.59 Å². The zero-order valence-corrected chi connectivity index (χ0v) is 9.19. The van der Waals surface area contributed by atoms with E-state index in [1.54, 1.807) is 4.90 Å². The van der Waals surface area contributed by atoms with Crippen molar-refractivity contribution in [2.75, 3.05) is 19.6 Å². The molecule has 1 atom stereocenters. The van der Waals surface area contributed by atoms with Gasteiger partial charge in [0.1, 0.15) is 0 Å². The standard InChI is InChI=1S/C10H18N2O3/c1-7(2)3-8-4-12(6-10(14)15)5-9(13)11-8/h7-8H,3-6H2,1-2H3,(H,11,13)(H,14,15). The highest BCUT2D eigenvalue weighted by Crippen LogP contribution is 2.09. The minimum Gasteiger partial charge on any atom is -0.480 e. The summed E-state index contributed by atoms with van der Waals surface area (Å²) in [7, 11) is 0. The Labute approximate surface area is 89.4 Å². The molecule has 0 spiro atoms. The van der Waals surface area contributed by atoms with Gasteiger partial charge in [0, 0.05) is 12.6 Å². The number of carbonyl (C=O) groups is 2. The predicted molar refractivity (Wildman–Crippen MR) is 55.5 cm³/mol. The van der Waals surface area contributed by atoms with Gasteiger partial charge in [0.25, 0.3) is 0 Å². The Morgan fingerprint density at radius 2 is 2.33 bits per heavy atom. The van der Waals surface area contributed by atoms with Crippen molar-refractivity contribution in [3.05, 3.63) is 0 Å². The minimum atomic E-state index is -0.881. The molecule has 1 rings (SSSR count). The van der Waals surface area contributed by atoms with E-state index < -0.39 is 5.97 Å². The number of carboxylic acids is 1. The summed E-state index contributed by atoms with van der Waals surface area (Å²) in [5.41, 5.74) is 0. The second-order valence-electron chi connectivity index (χ2n) is 4.46. The van der Waals surface area contributed by atoms with Gasteiger partial charge >= 0.3 is 5.97 Å². The summed E-state index contributed by atoms with van der Waals surface area (Å²) in [5.74, 6) is -0.457. The fourth-order valence-corrected chi connectivity index (χ4v) is 1.91. The van der Waals surface area contributed by atoms with E-state index in [9.17, 15) is 9.59 Å². The lowest BCUT2D eigenvalue weighted by molar-refractivity contribution is -0.139. The molecule has 0 radical (unpaired) electrons. The second-order valence-corrected chi connectivity index (χ2v) is 4.46. The van der Waals surface area contributed by atoms with E-state index in [0.29, 0.717) is 12.5 Å². The highest BCUT2D eigenvalue weighted by atomic mass is 16.4. The van der Waals surface area contributed by atoms with Crippen LogP contribution in [0.15, 0.2) is 0 Å². The number of aliphatic carboxylic acids is 1. The van der Waals surface area contributed by atoms with E-state index in [1.807, 2.05) is 0 Å². The van der Waals surface area contributed by atoms with E-state index in [4.69, 9.17) is 5.11 Å². The zero-order valence-electron chi connectivity index (χ0n) is 9.19. The predicted octanol–water partition coefficient (Wildman–Crippen LogP) is -0.0825. The first-order chi connectivity index (χ1) is 6.97. The Kier molecular flexibility index (Phi) is 4.08. The first kappa shape index (κ1) is 12.0. The maximum absolute atomic E-state index is 11.3. The number of nitrogens with zero attached hydrogens (tertiary/aromatic N) is 1. The number of hydrogen-bond acceptors (Lipinski definition) is 3. The zero-order chi connectivity index (χ0) is 11.4. The van der Waals surface area contributed by atoms with E-state index in [-0.39, 0.29) is 25.0 Å². The quantitative estimate of drug-likeness (QED) is 0.686. The monoisotopic (exact) mass is 214 g/mol. The molecule has 1 saturated heterocycles. The van der Waals surface area contributed by atoms with Gasteiger partial charge in [-0.05, 0) is 12.3 Å². The average molecular weight is 214 g/mol. The molecular formula is C10H18N2O3. The molecule has 5 heteroatoms. The van der Waals surface area contributed by atoms with E-state index >= 15 is 0 Å². The van der Waals surface area contributed by atoms with Gasteiger partial charge in [0.15, 0.2) is 0 Å². The van der Waals surface area contributed by atoms with Crippen LogP contribution in [0.4, 0.5) is 0 Å². The third kappa shape index (κ3) is 4.29. The minimum absolute atomic E-state index is 0.0536. The largest absolute Gasteiger partial charge is 0.480 e. The molecule has 0 aromatic heterocycles. The van der Waals surface area contributed by atoms with Crippen LogP contribution in [-0.4, -0.2) is 47.6 Å². The molecule has 0 bridgehead atoms. The van der Waals surface area contributed by atoms with Gasteiger partial charge < -0.3 is 10.4 Å². The lowest BCUT2D eigenvalue weighted by atomic mass is 10.0. The summed E-state index contributed by atoms with van der Waals surface area (Å²) in [6.07, 6.45) is 0.891. The van der Waals surface area contributed by atoms with Gasteiger partial charge in [-0.3, -0.25) is 14.5 Å². The number of amides is 1. The molecule has 1 fully saturated rings. The van der Waals surface area contributed by atoms with Crippen molar-refractivity contribution in [3.8, 4) is 0 Å². The Morgan fingerprint density at radius 3 is 2.87 bits per heavy atom. The molecule has 1 heterocycles. The van der Waals surface area contributed by atoms with Crippen LogP contribution >= 0.6 is 0 Å². The summed E-state index contributed by atoms with van der Waals surface area (Å²) in [6, 6.07) is 0.0885. The number of carbonyl (C=O) groups excluding carboxylic acids is 1. The number of rotatable bonds is 4. The Morgan fingerprint density at radius 1 is 1.67 bits per heavy atom. The molecule has 15 heavy (non-hydrogen) atoms. The fraction of sp³-hybridized carbons (Fsp3) is 0.800. The van der Waals surface area contributed by atoms with Crippen LogP contribution in [0, 0.1) is 5.92 Å². The maximum Gasteiger partial charge on any atom is 0.317 e. The van der Waals surface area contributed by atoms with Crippen LogP contribution in [0.25, 0.3) is 0 Å². The first-order valence-corrected chi connectivity index (χ1v) is 5.21. The fourth-order valence-electron chi connectivity index (χ4n) is 1.91. The van der Waals surface area contributed by atoms with Gasteiger partial charge in [-0.15, -0.1) is 0 Å². The Bertz CT molecular complexity index is 251. The van der Waals surface area contributed by atoms with Gasteiger partial charge in [-0.25, -0.2) is 0 Å². The molecule has 1 aliphatic heterocycles. The van der Waals surface area contributed by atoms with Crippen molar-refractivity contribution in [1.82, 2.24) is 10.2 Å². The molecular weight excluding hydrogens is 196 g/mol. The first-order valence-electron chi connectivity index (χ1n) is 5.21. The Balaban J connectivity index is 2.48. The summed E-state index contributed by atoms with van der Waals surface area (Å²) in [5, 5.41) is 11.5. The third-order valence-electron chi connectivity index (χ3n) is 2.33. The summed E-state index contributed by atoms with van der Waals surface area (Å²) < 4.78 is 0. The lowest BCUT2D eigenvalue weighted by Crippen LogP contribution is -2.55. The molecule has 0 saturated carbocycles. The van der Waals surface area contributed by atoms with Crippen LogP contribution < -0.4 is 5.32 Å². The summed E-state index contributed by atoms with van der Waals surface area (Å²) in [4.78, 5) is 23.5. The molecule has 0 aromatic rings. The number of nitrogens with one attached hydrogen (secondary N) is 1. The highest BCUT2D eigenvalue weighted by molar-refractivity contribution is 5.80. The molecule has 0 aromatic carbocycles. The smallest absolute Gasteiger partial charge is 0.317 e. The molecule has 86 valence electrons. The normalized spacial score (nSPS) is 22.9. The van der Waals surface area contributed by atoms with Crippen LogP contribution in [0.1, 0.15) is 20.3 Å². The summed E-state index contributed by atoms with van der Waals surface area (Å²) in [6.45, 7) is 4.95. The Hall–Kier alpha value is -1.10. The van der Waals surface area contributed by atoms with Gasteiger partial charge in [-0.1, -0.05) is 13.8 Å². The van der Waals surface area contributed by atoms with Crippen molar-refractivity contribution >= 4 is 11.9 Å². The van der Waals surface area contributed by atoms with Gasteiger partial charge in [-0.2, -0.15) is 0 Å². The van der Waals surface area contributed by atoms with Gasteiger partial charge in [0.2, 0.25) is 5.91 Å². The van der Waals surface area contributed by atoms with Crippen molar-refractivity contribution in [2.24, 2.45) is 5.92 Å². The van der Waals surface area contributed by atoms with Crippen molar-refractivity contribution < 1.29 is 14.7 Å². The molecule has 5 nitrogen and oxygen atoms in total. The number of hydrogen-bond donors (Lipinski definition) is 2. The van der Waals surface area contributed by atoms with Crippen LogP contribution in [0.2, 0.25) is 0 Å². The van der Waals surface area contributed by atoms with Crippen LogP contribution in [0.3, 0.4) is 0 Å². The lowest BCUT2D eigenvalue weighted by Gasteiger charge is -2.32. The van der Waals surface area contributed by atoms with Crippen molar-refractivity contribution in [3.63, 3.8) is 0 Å². The maximum atomic E-state index is 11.3.